The molecule has 1 aromatic heterocycles. The first-order valence-corrected chi connectivity index (χ1v) is 10.5. The van der Waals surface area contributed by atoms with E-state index in [-0.39, 0.29) is 11.3 Å². The summed E-state index contributed by atoms with van der Waals surface area (Å²) in [7, 11) is 1.58. The first kappa shape index (κ1) is 23.1. The Morgan fingerprint density at radius 3 is 2.56 bits per heavy atom. The molecule has 0 aliphatic carbocycles. The van der Waals surface area contributed by atoms with Gasteiger partial charge < -0.3 is 19.5 Å². The quantitative estimate of drug-likeness (QED) is 0.516. The number of methoxy groups -OCH3 is 1. The van der Waals surface area contributed by atoms with Crippen LogP contribution in [-0.4, -0.2) is 24.1 Å². The van der Waals surface area contributed by atoms with Gasteiger partial charge in [-0.2, -0.15) is 0 Å². The highest BCUT2D eigenvalue weighted by Gasteiger charge is 2.18. The number of benzene rings is 2. The van der Waals surface area contributed by atoms with Crippen LogP contribution in [-0.2, 0) is 16.8 Å². The van der Waals surface area contributed by atoms with Gasteiger partial charge in [0.2, 0.25) is 0 Å². The molecule has 1 N–H and O–H groups in total. The van der Waals surface area contributed by atoms with Gasteiger partial charge >= 0.3 is 0 Å². The fraction of sp³-hybridized carbons (Fsp3) is 0.308. The van der Waals surface area contributed by atoms with E-state index in [1.165, 1.54) is 0 Å². The van der Waals surface area contributed by atoms with Crippen LogP contribution in [0.5, 0.6) is 17.2 Å². The van der Waals surface area contributed by atoms with Crippen LogP contribution >= 0.6 is 0 Å². The summed E-state index contributed by atoms with van der Waals surface area (Å²) in [4.78, 5) is 16.8. The number of hydrogen-bond donors (Lipinski definition) is 1. The molecule has 3 aromatic rings. The van der Waals surface area contributed by atoms with E-state index in [2.05, 4.69) is 37.1 Å². The third kappa shape index (κ3) is 6.23. The summed E-state index contributed by atoms with van der Waals surface area (Å²) in [5.74, 6) is 1.51. The highest BCUT2D eigenvalue weighted by atomic mass is 16.5. The van der Waals surface area contributed by atoms with E-state index in [4.69, 9.17) is 14.2 Å². The molecule has 1 amide bonds. The fourth-order valence-corrected chi connectivity index (χ4v) is 3.05. The Morgan fingerprint density at radius 1 is 1.06 bits per heavy atom. The van der Waals surface area contributed by atoms with E-state index < -0.39 is 6.10 Å². The van der Waals surface area contributed by atoms with E-state index in [1.807, 2.05) is 30.3 Å². The molecule has 1 atom stereocenters. The molecule has 32 heavy (non-hydrogen) atoms. The lowest BCUT2D eigenvalue weighted by Crippen LogP contribution is -2.30. The van der Waals surface area contributed by atoms with Gasteiger partial charge in [-0.1, -0.05) is 39.0 Å². The average molecular weight is 435 g/mol. The molecule has 0 saturated heterocycles. The summed E-state index contributed by atoms with van der Waals surface area (Å²) in [6.07, 6.45) is 2.78. The Balaban J connectivity index is 1.66. The van der Waals surface area contributed by atoms with Crippen molar-refractivity contribution in [3.8, 4) is 17.2 Å². The zero-order valence-electron chi connectivity index (χ0n) is 19.2. The maximum absolute atomic E-state index is 12.7. The number of carbonyl (C=O) groups is 1. The highest BCUT2D eigenvalue weighted by molar-refractivity contribution is 5.94. The van der Waals surface area contributed by atoms with Crippen molar-refractivity contribution in [3.05, 3.63) is 78.1 Å². The maximum atomic E-state index is 12.7. The van der Waals surface area contributed by atoms with Crippen LogP contribution in [0.15, 0.2) is 67.0 Å². The van der Waals surface area contributed by atoms with Crippen molar-refractivity contribution in [1.82, 2.24) is 4.98 Å². The summed E-state index contributed by atoms with van der Waals surface area (Å²) in [5, 5.41) is 2.88. The van der Waals surface area contributed by atoms with Crippen molar-refractivity contribution in [1.29, 1.82) is 0 Å². The summed E-state index contributed by atoms with van der Waals surface area (Å²) >= 11 is 0. The summed E-state index contributed by atoms with van der Waals surface area (Å²) < 4.78 is 17.2. The average Bonchev–Trinajstić information content (AvgIpc) is 2.78. The Kier molecular flexibility index (Phi) is 7.36. The second-order valence-corrected chi connectivity index (χ2v) is 8.54. The Bertz CT molecular complexity index is 1050. The Hall–Kier alpha value is -3.54. The number of pyridine rings is 1. The first-order chi connectivity index (χ1) is 15.3. The van der Waals surface area contributed by atoms with E-state index >= 15 is 0 Å². The zero-order valence-corrected chi connectivity index (χ0v) is 19.2. The standard InChI is InChI=1S/C26H30N2O4/c1-18(32-22-10-6-9-20(14-22)26(2,3)4)25(29)28-21-11-12-23(30-5)24(15-21)31-17-19-8-7-13-27-16-19/h6-16,18H,17H2,1-5H3,(H,28,29). The van der Waals surface area contributed by atoms with Crippen molar-refractivity contribution in [2.24, 2.45) is 0 Å². The van der Waals surface area contributed by atoms with Crippen LogP contribution in [0.4, 0.5) is 5.69 Å². The van der Waals surface area contributed by atoms with Crippen LogP contribution < -0.4 is 19.5 Å². The second kappa shape index (κ2) is 10.2. The van der Waals surface area contributed by atoms with Crippen LogP contribution in [0, 0.1) is 0 Å². The van der Waals surface area contributed by atoms with Gasteiger partial charge in [-0.15, -0.1) is 0 Å². The van der Waals surface area contributed by atoms with Crippen LogP contribution in [0.25, 0.3) is 0 Å². The van der Waals surface area contributed by atoms with Crippen LogP contribution in [0.1, 0.15) is 38.8 Å². The molecule has 0 saturated carbocycles. The topological polar surface area (TPSA) is 69.7 Å². The number of aromatic nitrogens is 1. The molecule has 0 aliphatic heterocycles. The van der Waals surface area contributed by atoms with Gasteiger partial charge in [-0.05, 0) is 48.2 Å². The molecule has 6 nitrogen and oxygen atoms in total. The molecule has 1 heterocycles. The normalized spacial score (nSPS) is 12.0. The monoisotopic (exact) mass is 434 g/mol. The number of ether oxygens (including phenoxy) is 3. The van der Waals surface area contributed by atoms with Crippen molar-refractivity contribution >= 4 is 11.6 Å². The fourth-order valence-electron chi connectivity index (χ4n) is 3.05. The van der Waals surface area contributed by atoms with Gasteiger partial charge in [0.25, 0.3) is 5.91 Å². The molecule has 168 valence electrons. The van der Waals surface area contributed by atoms with Crippen molar-refractivity contribution in [2.75, 3.05) is 12.4 Å². The van der Waals surface area contributed by atoms with Crippen LogP contribution in [0.2, 0.25) is 0 Å². The Labute approximate surface area is 189 Å². The number of carbonyl (C=O) groups excluding carboxylic acids is 1. The molecule has 0 bridgehead atoms. The second-order valence-electron chi connectivity index (χ2n) is 8.54. The third-order valence-corrected chi connectivity index (χ3v) is 4.93. The van der Waals surface area contributed by atoms with Crippen molar-refractivity contribution in [2.45, 2.75) is 45.8 Å². The lowest BCUT2D eigenvalue weighted by atomic mass is 9.87. The molecule has 6 heteroatoms. The van der Waals surface area contributed by atoms with Gasteiger partial charge in [0, 0.05) is 29.7 Å². The van der Waals surface area contributed by atoms with Gasteiger partial charge in [0.1, 0.15) is 12.4 Å². The number of nitrogens with zero attached hydrogens (tertiary/aromatic N) is 1. The van der Waals surface area contributed by atoms with Gasteiger partial charge in [0.15, 0.2) is 17.6 Å². The predicted molar refractivity (Wildman–Crippen MR) is 125 cm³/mol. The van der Waals surface area contributed by atoms with Crippen molar-refractivity contribution in [3.63, 3.8) is 0 Å². The van der Waals surface area contributed by atoms with E-state index in [0.29, 0.717) is 29.5 Å². The van der Waals surface area contributed by atoms with E-state index in [1.54, 1.807) is 44.6 Å². The smallest absolute Gasteiger partial charge is 0.265 e. The summed E-state index contributed by atoms with van der Waals surface area (Å²) in [5.41, 5.74) is 2.67. The molecular weight excluding hydrogens is 404 g/mol. The van der Waals surface area contributed by atoms with Gasteiger partial charge in [0.05, 0.1) is 7.11 Å². The molecule has 1 unspecified atom stereocenters. The van der Waals surface area contributed by atoms with E-state index in [0.717, 1.165) is 11.1 Å². The molecule has 0 radical (unpaired) electrons. The number of rotatable bonds is 8. The summed E-state index contributed by atoms with van der Waals surface area (Å²) in [6.45, 7) is 8.48. The molecule has 0 spiro atoms. The SMILES string of the molecule is COc1ccc(NC(=O)C(C)Oc2cccc(C(C)(C)C)c2)cc1OCc1cccnc1. The number of amides is 1. The highest BCUT2D eigenvalue weighted by Crippen LogP contribution is 2.31. The Morgan fingerprint density at radius 2 is 1.88 bits per heavy atom. The molecule has 3 rings (SSSR count). The molecule has 2 aromatic carbocycles. The predicted octanol–water partition coefficient (Wildman–Crippen LogP) is 5.37. The minimum atomic E-state index is -0.674. The third-order valence-electron chi connectivity index (χ3n) is 4.93. The zero-order chi connectivity index (χ0) is 23.1. The number of anilines is 1. The van der Waals surface area contributed by atoms with Crippen LogP contribution in [0.3, 0.4) is 0 Å². The summed E-state index contributed by atoms with van der Waals surface area (Å²) in [6, 6.07) is 16.9. The lowest BCUT2D eigenvalue weighted by Gasteiger charge is -2.21. The molecule has 0 aliphatic rings. The number of nitrogens with one attached hydrogen (secondary N) is 1. The largest absolute Gasteiger partial charge is 0.493 e. The van der Waals surface area contributed by atoms with Gasteiger partial charge in [-0.25, -0.2) is 0 Å². The lowest BCUT2D eigenvalue weighted by molar-refractivity contribution is -0.122. The maximum Gasteiger partial charge on any atom is 0.265 e. The number of hydrogen-bond acceptors (Lipinski definition) is 5. The minimum absolute atomic E-state index is 0.000174. The first-order valence-electron chi connectivity index (χ1n) is 10.5. The van der Waals surface area contributed by atoms with Gasteiger partial charge in [-0.3, -0.25) is 9.78 Å². The minimum Gasteiger partial charge on any atom is -0.493 e. The van der Waals surface area contributed by atoms with E-state index in [9.17, 15) is 4.79 Å². The molecule has 0 fully saturated rings. The molecular formula is C26H30N2O4. The van der Waals surface area contributed by atoms with Crippen molar-refractivity contribution < 1.29 is 19.0 Å².